The van der Waals surface area contributed by atoms with E-state index in [9.17, 15) is 4.79 Å². The third-order valence-electron chi connectivity index (χ3n) is 3.65. The van der Waals surface area contributed by atoms with Gasteiger partial charge < -0.3 is 10.6 Å². The highest BCUT2D eigenvalue weighted by Gasteiger charge is 2.14. The Morgan fingerprint density at radius 2 is 2.37 bits per heavy atom. The number of carbonyl (C=O) groups is 1. The summed E-state index contributed by atoms with van der Waals surface area (Å²) in [5.41, 5.74) is 1.86. The quantitative estimate of drug-likeness (QED) is 0.888. The Hall–Kier alpha value is -1.06. The van der Waals surface area contributed by atoms with Gasteiger partial charge in [0.05, 0.1) is 0 Å². The van der Waals surface area contributed by atoms with Gasteiger partial charge in [-0.05, 0) is 62.9 Å². The molecule has 1 aromatic carbocycles. The van der Waals surface area contributed by atoms with Crippen LogP contribution in [0.15, 0.2) is 18.2 Å². The first-order valence-electron chi connectivity index (χ1n) is 6.92. The van der Waals surface area contributed by atoms with Gasteiger partial charge in [0, 0.05) is 17.1 Å². The van der Waals surface area contributed by atoms with Crippen molar-refractivity contribution < 1.29 is 4.79 Å². The van der Waals surface area contributed by atoms with Crippen LogP contribution < -0.4 is 10.6 Å². The molecule has 1 heterocycles. The zero-order chi connectivity index (χ0) is 13.7. The molecule has 0 saturated carbocycles. The van der Waals surface area contributed by atoms with Gasteiger partial charge in [-0.3, -0.25) is 4.79 Å². The van der Waals surface area contributed by atoms with Crippen molar-refractivity contribution in [3.63, 3.8) is 0 Å². The van der Waals surface area contributed by atoms with E-state index < -0.39 is 0 Å². The summed E-state index contributed by atoms with van der Waals surface area (Å²) in [5, 5.41) is 6.97. The van der Waals surface area contributed by atoms with Crippen LogP contribution in [0, 0.1) is 12.8 Å². The number of piperidine rings is 1. The van der Waals surface area contributed by atoms with Crippen molar-refractivity contribution in [2.75, 3.05) is 18.4 Å². The molecule has 0 spiro atoms. The van der Waals surface area contributed by atoms with Crippen LogP contribution in [-0.4, -0.2) is 19.0 Å². The summed E-state index contributed by atoms with van der Waals surface area (Å²) in [7, 11) is 0. The zero-order valence-electron chi connectivity index (χ0n) is 11.3. The second-order valence-electron chi connectivity index (χ2n) is 5.26. The number of amides is 1. The lowest BCUT2D eigenvalue weighted by atomic mass is 9.94. The van der Waals surface area contributed by atoms with Gasteiger partial charge in [-0.25, -0.2) is 0 Å². The minimum atomic E-state index is 0.0796. The maximum Gasteiger partial charge on any atom is 0.224 e. The summed E-state index contributed by atoms with van der Waals surface area (Å²) in [4.78, 5) is 11.9. The van der Waals surface area contributed by atoms with Gasteiger partial charge in [-0.2, -0.15) is 0 Å². The lowest BCUT2D eigenvalue weighted by molar-refractivity contribution is -0.116. The van der Waals surface area contributed by atoms with Gasteiger partial charge in [0.25, 0.3) is 0 Å². The van der Waals surface area contributed by atoms with Crippen LogP contribution in [0.25, 0.3) is 0 Å². The Morgan fingerprint density at radius 1 is 1.53 bits per heavy atom. The number of benzene rings is 1. The fraction of sp³-hybridized carbons (Fsp3) is 0.533. The van der Waals surface area contributed by atoms with E-state index in [1.807, 2.05) is 19.1 Å². The van der Waals surface area contributed by atoms with Crippen LogP contribution in [0.5, 0.6) is 0 Å². The lowest BCUT2D eigenvalue weighted by Crippen LogP contribution is -2.30. The van der Waals surface area contributed by atoms with Gasteiger partial charge in [0.2, 0.25) is 5.91 Å². The Labute approximate surface area is 119 Å². The highest BCUT2D eigenvalue weighted by molar-refractivity contribution is 6.31. The molecule has 1 amide bonds. The minimum Gasteiger partial charge on any atom is -0.326 e. The summed E-state index contributed by atoms with van der Waals surface area (Å²) < 4.78 is 0. The molecule has 1 saturated heterocycles. The Kier molecular flexibility index (Phi) is 5.23. The van der Waals surface area contributed by atoms with Crippen molar-refractivity contribution in [1.82, 2.24) is 5.32 Å². The van der Waals surface area contributed by atoms with Crippen molar-refractivity contribution in [3.05, 3.63) is 28.8 Å². The third-order valence-corrected chi connectivity index (χ3v) is 3.89. The maximum absolute atomic E-state index is 11.9. The molecule has 3 nitrogen and oxygen atoms in total. The van der Waals surface area contributed by atoms with E-state index in [2.05, 4.69) is 10.6 Å². The standard InChI is InChI=1S/C15H21ClN2O/c1-11-4-6-13(16)9-14(11)18-15(19)7-5-12-3-2-8-17-10-12/h4,6,9,12,17H,2-3,5,7-8,10H2,1H3,(H,18,19). The second-order valence-corrected chi connectivity index (χ2v) is 5.69. The molecule has 1 atom stereocenters. The maximum atomic E-state index is 11.9. The smallest absolute Gasteiger partial charge is 0.224 e. The molecule has 1 aliphatic heterocycles. The molecule has 1 aromatic rings. The zero-order valence-corrected chi connectivity index (χ0v) is 12.1. The fourth-order valence-corrected chi connectivity index (χ4v) is 2.62. The molecule has 0 bridgehead atoms. The number of anilines is 1. The third kappa shape index (κ3) is 4.51. The van der Waals surface area contributed by atoms with Gasteiger partial charge >= 0.3 is 0 Å². The highest BCUT2D eigenvalue weighted by Crippen LogP contribution is 2.21. The SMILES string of the molecule is Cc1ccc(Cl)cc1NC(=O)CCC1CCCNC1. The lowest BCUT2D eigenvalue weighted by Gasteiger charge is -2.22. The summed E-state index contributed by atoms with van der Waals surface area (Å²) in [6.07, 6.45) is 3.99. The van der Waals surface area contributed by atoms with Crippen LogP contribution in [0.1, 0.15) is 31.2 Å². The number of carbonyl (C=O) groups excluding carboxylic acids is 1. The van der Waals surface area contributed by atoms with E-state index >= 15 is 0 Å². The van der Waals surface area contributed by atoms with E-state index in [1.165, 1.54) is 12.8 Å². The summed E-state index contributed by atoms with van der Waals surface area (Å²) in [6, 6.07) is 5.56. The molecular formula is C15H21ClN2O. The number of halogens is 1. The molecule has 19 heavy (non-hydrogen) atoms. The normalized spacial score (nSPS) is 19.2. The van der Waals surface area contributed by atoms with E-state index in [4.69, 9.17) is 11.6 Å². The average Bonchev–Trinajstić information content (AvgIpc) is 2.42. The minimum absolute atomic E-state index is 0.0796. The molecule has 2 N–H and O–H groups in total. The number of hydrogen-bond acceptors (Lipinski definition) is 2. The van der Waals surface area contributed by atoms with Gasteiger partial charge in [0.1, 0.15) is 0 Å². The second kappa shape index (κ2) is 6.92. The molecule has 0 aromatic heterocycles. The van der Waals surface area contributed by atoms with Crippen LogP contribution in [0.3, 0.4) is 0 Å². The van der Waals surface area contributed by atoms with Crippen molar-refractivity contribution in [2.45, 2.75) is 32.6 Å². The summed E-state index contributed by atoms with van der Waals surface area (Å²) in [6.45, 7) is 4.13. The predicted octanol–water partition coefficient (Wildman–Crippen LogP) is 3.37. The highest BCUT2D eigenvalue weighted by atomic mass is 35.5. The van der Waals surface area contributed by atoms with Crippen molar-refractivity contribution >= 4 is 23.2 Å². The average molecular weight is 281 g/mol. The molecule has 0 radical (unpaired) electrons. The van der Waals surface area contributed by atoms with Crippen LogP contribution >= 0.6 is 11.6 Å². The molecular weight excluding hydrogens is 260 g/mol. The first kappa shape index (κ1) is 14.4. The Bertz CT molecular complexity index is 442. The Balaban J connectivity index is 1.81. The molecule has 1 aliphatic rings. The van der Waals surface area contributed by atoms with Gasteiger partial charge in [-0.15, -0.1) is 0 Å². The number of aryl methyl sites for hydroxylation is 1. The van der Waals surface area contributed by atoms with Crippen molar-refractivity contribution in [3.8, 4) is 0 Å². The van der Waals surface area contributed by atoms with Gasteiger partial charge in [-0.1, -0.05) is 17.7 Å². The molecule has 4 heteroatoms. The van der Waals surface area contributed by atoms with Crippen LogP contribution in [0.2, 0.25) is 5.02 Å². The first-order valence-corrected chi connectivity index (χ1v) is 7.29. The monoisotopic (exact) mass is 280 g/mol. The van der Waals surface area contributed by atoms with E-state index in [-0.39, 0.29) is 5.91 Å². The van der Waals surface area contributed by atoms with Crippen LogP contribution in [0.4, 0.5) is 5.69 Å². The topological polar surface area (TPSA) is 41.1 Å². The van der Waals surface area contributed by atoms with E-state index in [0.717, 1.165) is 30.8 Å². The molecule has 1 unspecified atom stereocenters. The molecule has 104 valence electrons. The van der Waals surface area contributed by atoms with Crippen molar-refractivity contribution in [2.24, 2.45) is 5.92 Å². The Morgan fingerprint density at radius 3 is 3.11 bits per heavy atom. The predicted molar refractivity (Wildman–Crippen MR) is 79.6 cm³/mol. The molecule has 2 rings (SSSR count). The fourth-order valence-electron chi connectivity index (χ4n) is 2.45. The summed E-state index contributed by atoms with van der Waals surface area (Å²) in [5.74, 6) is 0.718. The number of hydrogen-bond donors (Lipinski definition) is 2. The van der Waals surface area contributed by atoms with Gasteiger partial charge in [0.15, 0.2) is 0 Å². The summed E-state index contributed by atoms with van der Waals surface area (Å²) >= 11 is 5.94. The number of rotatable bonds is 4. The largest absolute Gasteiger partial charge is 0.326 e. The van der Waals surface area contributed by atoms with Crippen molar-refractivity contribution in [1.29, 1.82) is 0 Å². The molecule has 1 fully saturated rings. The van der Waals surface area contributed by atoms with Crippen LogP contribution in [-0.2, 0) is 4.79 Å². The molecule has 0 aliphatic carbocycles. The van der Waals surface area contributed by atoms with E-state index in [1.54, 1.807) is 6.07 Å². The van der Waals surface area contributed by atoms with E-state index in [0.29, 0.717) is 17.4 Å². The number of nitrogens with one attached hydrogen (secondary N) is 2. The first-order chi connectivity index (χ1) is 9.15.